The first-order chi connectivity index (χ1) is 5.02. The Morgan fingerprint density at radius 1 is 1.64 bits per heavy atom. The Kier molecular flexibility index (Phi) is 2.61. The Morgan fingerprint density at radius 2 is 2.27 bits per heavy atom. The molecule has 0 aliphatic rings. The van der Waals surface area contributed by atoms with E-state index in [-0.39, 0.29) is 10.5 Å². The molecule has 1 aromatic rings. The van der Waals surface area contributed by atoms with Crippen LogP contribution in [0.3, 0.4) is 0 Å². The third-order valence-electron chi connectivity index (χ3n) is 1.45. The molecule has 1 rings (SSSR count). The van der Waals surface area contributed by atoms with E-state index in [2.05, 4.69) is 23.1 Å². The first kappa shape index (κ1) is 9.09. The van der Waals surface area contributed by atoms with Gasteiger partial charge >= 0.3 is 0 Å². The largest absolute Gasteiger partial charge is 0.468 e. The molecule has 0 amide bonds. The van der Waals surface area contributed by atoms with Crippen LogP contribution in [-0.4, -0.2) is 5.16 Å². The van der Waals surface area contributed by atoms with E-state index in [1.807, 2.05) is 12.1 Å². The molecule has 2 unspecified atom stereocenters. The summed E-state index contributed by atoms with van der Waals surface area (Å²) in [6.45, 7) is 4.11. The molecule has 0 fully saturated rings. The van der Waals surface area contributed by atoms with Gasteiger partial charge in [-0.3, -0.25) is 0 Å². The van der Waals surface area contributed by atoms with Gasteiger partial charge in [-0.05, 0) is 12.1 Å². The maximum atomic E-state index is 6.11. The van der Waals surface area contributed by atoms with Gasteiger partial charge in [0.2, 0.25) is 0 Å². The Morgan fingerprint density at radius 3 is 2.64 bits per heavy atom. The number of rotatable bonds is 2. The predicted molar refractivity (Wildman–Crippen MR) is 51.1 cm³/mol. The molecule has 1 heterocycles. The lowest BCUT2D eigenvalue weighted by atomic mass is 10.1. The average molecular weight is 191 g/mol. The van der Waals surface area contributed by atoms with Crippen molar-refractivity contribution in [2.75, 3.05) is 0 Å². The Balaban J connectivity index is 2.78. The standard InChI is InChI=1S/C8H12ClOP/c1-8(2,11)7(9)6-4-3-5-10-6/h3-5,7H,11H2,1-2H3. The van der Waals surface area contributed by atoms with Crippen LogP contribution < -0.4 is 0 Å². The van der Waals surface area contributed by atoms with Crippen LogP contribution in [0.4, 0.5) is 0 Å². The van der Waals surface area contributed by atoms with Gasteiger partial charge in [-0.1, -0.05) is 13.8 Å². The first-order valence-electron chi connectivity index (χ1n) is 3.48. The molecular weight excluding hydrogens is 179 g/mol. The molecule has 0 aromatic carbocycles. The summed E-state index contributed by atoms with van der Waals surface area (Å²) in [4.78, 5) is 0. The van der Waals surface area contributed by atoms with Crippen LogP contribution in [-0.2, 0) is 0 Å². The highest BCUT2D eigenvalue weighted by molar-refractivity contribution is 7.19. The van der Waals surface area contributed by atoms with Crippen LogP contribution in [0.15, 0.2) is 22.8 Å². The number of halogens is 1. The van der Waals surface area contributed by atoms with Gasteiger partial charge in [0.1, 0.15) is 5.76 Å². The summed E-state index contributed by atoms with van der Waals surface area (Å²) in [6.07, 6.45) is 1.64. The van der Waals surface area contributed by atoms with Gasteiger partial charge in [0.25, 0.3) is 0 Å². The Labute approximate surface area is 74.3 Å². The normalized spacial score (nSPS) is 14.9. The lowest BCUT2D eigenvalue weighted by Crippen LogP contribution is -2.16. The third kappa shape index (κ3) is 2.21. The molecule has 62 valence electrons. The van der Waals surface area contributed by atoms with E-state index in [9.17, 15) is 0 Å². The quantitative estimate of drug-likeness (QED) is 0.516. The predicted octanol–water partition coefficient (Wildman–Crippen LogP) is 3.21. The van der Waals surface area contributed by atoms with Gasteiger partial charge < -0.3 is 4.42 Å². The van der Waals surface area contributed by atoms with Crippen molar-refractivity contribution in [1.82, 2.24) is 0 Å². The molecule has 2 atom stereocenters. The Hall–Kier alpha value is -0.0000000000000000555. The number of hydrogen-bond donors (Lipinski definition) is 0. The molecule has 3 heteroatoms. The summed E-state index contributed by atoms with van der Waals surface area (Å²) in [7, 11) is 2.71. The maximum Gasteiger partial charge on any atom is 0.122 e. The fraction of sp³-hybridized carbons (Fsp3) is 0.500. The Bertz CT molecular complexity index is 212. The summed E-state index contributed by atoms with van der Waals surface area (Å²) in [5, 5.41) is -0.109. The molecule has 0 aliphatic heterocycles. The summed E-state index contributed by atoms with van der Waals surface area (Å²) in [6, 6.07) is 3.74. The van der Waals surface area contributed by atoms with Crippen molar-refractivity contribution in [3.8, 4) is 0 Å². The van der Waals surface area contributed by atoms with Crippen LogP contribution in [0.1, 0.15) is 25.0 Å². The van der Waals surface area contributed by atoms with Gasteiger partial charge in [-0.15, -0.1) is 20.8 Å². The second-order valence-electron chi connectivity index (χ2n) is 3.20. The molecule has 0 radical (unpaired) electrons. The summed E-state index contributed by atoms with van der Waals surface area (Å²) >= 11 is 6.11. The van der Waals surface area contributed by atoms with Crippen molar-refractivity contribution >= 4 is 20.8 Å². The summed E-state index contributed by atoms with van der Waals surface area (Å²) in [5.41, 5.74) is 0. The molecule has 0 saturated heterocycles. The third-order valence-corrected chi connectivity index (χ3v) is 2.77. The zero-order chi connectivity index (χ0) is 8.48. The van der Waals surface area contributed by atoms with Crippen molar-refractivity contribution in [3.63, 3.8) is 0 Å². The van der Waals surface area contributed by atoms with Crippen molar-refractivity contribution < 1.29 is 4.42 Å². The molecule has 0 N–H and O–H groups in total. The van der Waals surface area contributed by atoms with Crippen molar-refractivity contribution in [1.29, 1.82) is 0 Å². The summed E-state index contributed by atoms with van der Waals surface area (Å²) in [5.74, 6) is 0.826. The second-order valence-corrected chi connectivity index (χ2v) is 5.12. The van der Waals surface area contributed by atoms with Gasteiger partial charge in [0, 0.05) is 5.16 Å². The molecule has 11 heavy (non-hydrogen) atoms. The number of furan rings is 1. The second kappa shape index (κ2) is 3.16. The van der Waals surface area contributed by atoms with Crippen LogP contribution in [0.2, 0.25) is 0 Å². The molecule has 1 nitrogen and oxygen atoms in total. The smallest absolute Gasteiger partial charge is 0.122 e. The summed E-state index contributed by atoms with van der Waals surface area (Å²) < 4.78 is 5.18. The van der Waals surface area contributed by atoms with Gasteiger partial charge in [-0.2, -0.15) is 0 Å². The monoisotopic (exact) mass is 190 g/mol. The van der Waals surface area contributed by atoms with Crippen molar-refractivity contribution in [2.45, 2.75) is 24.4 Å². The van der Waals surface area contributed by atoms with E-state index in [1.54, 1.807) is 6.26 Å². The lowest BCUT2D eigenvalue weighted by molar-refractivity contribution is 0.477. The van der Waals surface area contributed by atoms with Crippen LogP contribution in [0.25, 0.3) is 0 Å². The van der Waals surface area contributed by atoms with Crippen LogP contribution >= 0.6 is 20.8 Å². The van der Waals surface area contributed by atoms with Crippen LogP contribution in [0, 0.1) is 0 Å². The highest BCUT2D eigenvalue weighted by Crippen LogP contribution is 2.38. The fourth-order valence-electron chi connectivity index (χ4n) is 0.802. The van der Waals surface area contributed by atoms with E-state index in [1.165, 1.54) is 0 Å². The minimum atomic E-state index is -0.0810. The van der Waals surface area contributed by atoms with E-state index in [0.29, 0.717) is 0 Å². The molecule has 0 spiro atoms. The van der Waals surface area contributed by atoms with Gasteiger partial charge in [0.15, 0.2) is 0 Å². The SMILES string of the molecule is CC(C)(P)C(Cl)c1ccco1. The number of alkyl halides is 1. The topological polar surface area (TPSA) is 13.1 Å². The molecule has 0 saturated carbocycles. The lowest BCUT2D eigenvalue weighted by Gasteiger charge is -2.22. The highest BCUT2D eigenvalue weighted by atomic mass is 35.5. The van der Waals surface area contributed by atoms with E-state index in [4.69, 9.17) is 16.0 Å². The van der Waals surface area contributed by atoms with Gasteiger partial charge in [0.05, 0.1) is 11.6 Å². The average Bonchev–Trinajstić information content (AvgIpc) is 2.34. The fourth-order valence-corrected chi connectivity index (χ4v) is 1.09. The van der Waals surface area contributed by atoms with E-state index >= 15 is 0 Å². The highest BCUT2D eigenvalue weighted by Gasteiger charge is 2.26. The minimum absolute atomic E-state index is 0.0284. The molecule has 1 aromatic heterocycles. The molecular formula is C8H12ClOP. The zero-order valence-corrected chi connectivity index (χ0v) is 8.58. The minimum Gasteiger partial charge on any atom is -0.468 e. The molecule has 0 aliphatic carbocycles. The van der Waals surface area contributed by atoms with Crippen molar-refractivity contribution in [2.24, 2.45) is 0 Å². The van der Waals surface area contributed by atoms with E-state index in [0.717, 1.165) is 5.76 Å². The first-order valence-corrected chi connectivity index (χ1v) is 4.49. The van der Waals surface area contributed by atoms with Crippen LogP contribution in [0.5, 0.6) is 0 Å². The maximum absolute atomic E-state index is 6.11. The van der Waals surface area contributed by atoms with E-state index < -0.39 is 0 Å². The molecule has 0 bridgehead atoms. The zero-order valence-electron chi connectivity index (χ0n) is 6.67. The number of hydrogen-bond acceptors (Lipinski definition) is 1. The van der Waals surface area contributed by atoms with Crippen molar-refractivity contribution in [3.05, 3.63) is 24.2 Å². The van der Waals surface area contributed by atoms with Gasteiger partial charge in [-0.25, -0.2) is 0 Å².